The molecule has 5 heteroatoms. The highest BCUT2D eigenvalue weighted by molar-refractivity contribution is 9.10. The van der Waals surface area contributed by atoms with Crippen LogP contribution in [0.2, 0.25) is 0 Å². The van der Waals surface area contributed by atoms with Crippen LogP contribution in [0.15, 0.2) is 69.6 Å². The predicted molar refractivity (Wildman–Crippen MR) is 129 cm³/mol. The van der Waals surface area contributed by atoms with Crippen molar-refractivity contribution in [2.75, 3.05) is 6.54 Å². The first kappa shape index (κ1) is 20.7. The Morgan fingerprint density at radius 1 is 0.806 bits per heavy atom. The summed E-state index contributed by atoms with van der Waals surface area (Å²) in [5.41, 5.74) is 5.58. The lowest BCUT2D eigenvalue weighted by Crippen LogP contribution is -2.42. The minimum atomic E-state index is -0.331. The van der Waals surface area contributed by atoms with Crippen LogP contribution in [0, 0.1) is 5.92 Å². The van der Waals surface area contributed by atoms with Crippen molar-refractivity contribution in [2.24, 2.45) is 5.92 Å². The quantitative estimate of drug-likeness (QED) is 0.342. The maximum atomic E-state index is 13.1. The summed E-state index contributed by atoms with van der Waals surface area (Å²) in [5.74, 6) is -0.313. The van der Waals surface area contributed by atoms with E-state index in [4.69, 9.17) is 0 Å². The molecule has 0 radical (unpaired) electrons. The zero-order valence-corrected chi connectivity index (χ0v) is 20.5. The van der Waals surface area contributed by atoms with Crippen LogP contribution in [0.3, 0.4) is 0 Å². The van der Waals surface area contributed by atoms with Gasteiger partial charge in [-0.05, 0) is 64.6 Å². The molecule has 2 amide bonds. The monoisotopic (exact) mass is 537 g/mol. The zero-order chi connectivity index (χ0) is 21.9. The lowest BCUT2D eigenvalue weighted by atomic mass is 9.68. The number of fused-ring (bicyclic) bond motifs is 4. The first-order valence-electron chi connectivity index (χ1n) is 10.4. The number of hydrogen-bond acceptors (Lipinski definition) is 2. The summed E-state index contributed by atoms with van der Waals surface area (Å²) < 4.78 is 2.06. The van der Waals surface area contributed by atoms with Crippen LogP contribution in [0.5, 0.6) is 0 Å². The van der Waals surface area contributed by atoms with Crippen LogP contribution < -0.4 is 0 Å². The number of rotatable bonds is 4. The van der Waals surface area contributed by atoms with Gasteiger partial charge in [-0.1, -0.05) is 76.4 Å². The SMILES string of the molecule is CCC(CN1C(=O)c2ccccc2C1=O)C1(C)c2cc(Br)ccc2-c2ccc(Br)cc21. The molecule has 3 aromatic rings. The van der Waals surface area contributed by atoms with Crippen molar-refractivity contribution in [1.82, 2.24) is 4.90 Å². The summed E-state index contributed by atoms with van der Waals surface area (Å²) in [4.78, 5) is 27.6. The third-order valence-electron chi connectivity index (χ3n) is 6.96. The van der Waals surface area contributed by atoms with Crippen molar-refractivity contribution < 1.29 is 9.59 Å². The van der Waals surface area contributed by atoms with Gasteiger partial charge in [-0.2, -0.15) is 0 Å². The first-order chi connectivity index (χ1) is 14.9. The number of benzene rings is 3. The van der Waals surface area contributed by atoms with E-state index in [1.807, 2.05) is 12.1 Å². The number of nitrogens with zero attached hydrogens (tertiary/aromatic N) is 1. The summed E-state index contributed by atoms with van der Waals surface area (Å²) in [6, 6.07) is 19.9. The van der Waals surface area contributed by atoms with E-state index in [-0.39, 0.29) is 23.1 Å². The molecular formula is C26H21Br2NO2. The molecule has 3 nitrogen and oxygen atoms in total. The summed E-state index contributed by atoms with van der Waals surface area (Å²) in [6.45, 7) is 4.78. The fourth-order valence-corrected chi connectivity index (χ4v) is 6.01. The molecule has 1 atom stereocenters. The number of carbonyl (C=O) groups excluding carboxylic acids is 2. The van der Waals surface area contributed by atoms with E-state index in [0.29, 0.717) is 17.7 Å². The fourth-order valence-electron chi connectivity index (χ4n) is 5.29. The van der Waals surface area contributed by atoms with Gasteiger partial charge >= 0.3 is 0 Å². The second-order valence-electron chi connectivity index (χ2n) is 8.45. The average molecular weight is 539 g/mol. The van der Waals surface area contributed by atoms with Crippen LogP contribution in [0.4, 0.5) is 0 Å². The maximum absolute atomic E-state index is 13.1. The van der Waals surface area contributed by atoms with Crippen molar-refractivity contribution in [2.45, 2.75) is 25.7 Å². The first-order valence-corrected chi connectivity index (χ1v) is 12.0. The second kappa shape index (κ2) is 7.42. The van der Waals surface area contributed by atoms with Crippen LogP contribution in [0.1, 0.15) is 52.1 Å². The number of amides is 2. The molecule has 1 aliphatic carbocycles. The van der Waals surface area contributed by atoms with Gasteiger partial charge in [0.2, 0.25) is 0 Å². The standard InChI is InChI=1S/C26H21Br2NO2/c1-3-15(14-29-24(30)20-6-4-5-7-21(20)25(29)31)26(2)22-12-16(27)8-10-18(22)19-11-9-17(28)13-23(19)26/h4-13,15H,3,14H2,1-2H3. The van der Waals surface area contributed by atoms with Crippen molar-refractivity contribution in [3.8, 4) is 11.1 Å². The molecule has 0 saturated heterocycles. The normalized spacial score (nSPS) is 16.8. The Labute approximate surface area is 198 Å². The molecule has 0 fully saturated rings. The Kier molecular flexibility index (Phi) is 4.94. The number of hydrogen-bond donors (Lipinski definition) is 0. The highest BCUT2D eigenvalue weighted by atomic mass is 79.9. The summed E-state index contributed by atoms with van der Waals surface area (Å²) in [7, 11) is 0. The zero-order valence-electron chi connectivity index (χ0n) is 17.3. The molecule has 0 saturated carbocycles. The third kappa shape index (κ3) is 2.97. The molecule has 3 aromatic carbocycles. The third-order valence-corrected chi connectivity index (χ3v) is 7.95. The molecule has 0 aromatic heterocycles. The van der Waals surface area contributed by atoms with E-state index in [1.165, 1.54) is 27.2 Å². The number of halogens is 2. The highest BCUT2D eigenvalue weighted by Crippen LogP contribution is 2.54. The Hall–Kier alpha value is -2.24. The van der Waals surface area contributed by atoms with E-state index in [1.54, 1.807) is 12.1 Å². The van der Waals surface area contributed by atoms with Gasteiger partial charge in [0.05, 0.1) is 11.1 Å². The minimum absolute atomic E-state index is 0.0679. The van der Waals surface area contributed by atoms with Gasteiger partial charge < -0.3 is 0 Å². The minimum Gasteiger partial charge on any atom is -0.274 e. The molecular weight excluding hydrogens is 518 g/mol. The highest BCUT2D eigenvalue weighted by Gasteiger charge is 2.47. The summed E-state index contributed by atoms with van der Waals surface area (Å²) in [6.07, 6.45) is 0.835. The van der Waals surface area contributed by atoms with Crippen LogP contribution in [-0.2, 0) is 5.41 Å². The lowest BCUT2D eigenvalue weighted by molar-refractivity contribution is 0.0609. The van der Waals surface area contributed by atoms with Gasteiger partial charge in [0.15, 0.2) is 0 Å². The molecule has 1 unspecified atom stereocenters. The van der Waals surface area contributed by atoms with E-state index < -0.39 is 0 Å². The van der Waals surface area contributed by atoms with Gasteiger partial charge in [0.1, 0.15) is 0 Å². The Morgan fingerprint density at radius 3 is 1.74 bits per heavy atom. The van der Waals surface area contributed by atoms with Crippen LogP contribution >= 0.6 is 31.9 Å². The summed E-state index contributed by atoms with van der Waals surface area (Å²) >= 11 is 7.29. The van der Waals surface area contributed by atoms with Crippen molar-refractivity contribution >= 4 is 43.7 Å². The van der Waals surface area contributed by atoms with E-state index in [0.717, 1.165) is 15.4 Å². The van der Waals surface area contributed by atoms with Gasteiger partial charge in [-0.3, -0.25) is 14.5 Å². The van der Waals surface area contributed by atoms with Crippen molar-refractivity contribution in [1.29, 1.82) is 0 Å². The molecule has 156 valence electrons. The smallest absolute Gasteiger partial charge is 0.261 e. The van der Waals surface area contributed by atoms with Crippen molar-refractivity contribution in [3.05, 3.63) is 91.9 Å². The second-order valence-corrected chi connectivity index (χ2v) is 10.3. The average Bonchev–Trinajstić information content (AvgIpc) is 3.15. The molecule has 31 heavy (non-hydrogen) atoms. The molecule has 1 heterocycles. The molecule has 0 N–H and O–H groups in total. The Balaban J connectivity index is 1.62. The van der Waals surface area contributed by atoms with E-state index in [2.05, 4.69) is 82.1 Å². The van der Waals surface area contributed by atoms with Gasteiger partial charge in [0, 0.05) is 20.9 Å². The van der Waals surface area contributed by atoms with Crippen LogP contribution in [-0.4, -0.2) is 23.3 Å². The lowest BCUT2D eigenvalue weighted by Gasteiger charge is -2.38. The van der Waals surface area contributed by atoms with E-state index in [9.17, 15) is 9.59 Å². The molecule has 1 aliphatic heterocycles. The number of imide groups is 1. The molecule has 0 bridgehead atoms. The Morgan fingerprint density at radius 2 is 1.29 bits per heavy atom. The fraction of sp³-hybridized carbons (Fsp3) is 0.231. The summed E-state index contributed by atoms with van der Waals surface area (Å²) in [5, 5.41) is 0. The maximum Gasteiger partial charge on any atom is 0.261 e. The van der Waals surface area contributed by atoms with Gasteiger partial charge in [-0.15, -0.1) is 0 Å². The van der Waals surface area contributed by atoms with Gasteiger partial charge in [0.25, 0.3) is 11.8 Å². The largest absolute Gasteiger partial charge is 0.274 e. The predicted octanol–water partition coefficient (Wildman–Crippen LogP) is 6.82. The van der Waals surface area contributed by atoms with Gasteiger partial charge in [-0.25, -0.2) is 0 Å². The molecule has 2 aliphatic rings. The number of carbonyl (C=O) groups is 2. The topological polar surface area (TPSA) is 37.4 Å². The van der Waals surface area contributed by atoms with Crippen LogP contribution in [0.25, 0.3) is 11.1 Å². The molecule has 0 spiro atoms. The molecule has 5 rings (SSSR count). The van der Waals surface area contributed by atoms with E-state index >= 15 is 0 Å². The van der Waals surface area contributed by atoms with Crippen molar-refractivity contribution in [3.63, 3.8) is 0 Å². The Bertz CT molecular complexity index is 1160.